The van der Waals surface area contributed by atoms with Crippen molar-refractivity contribution >= 4 is 44.9 Å². The molecular formula is C15H12ClN3S2. The molecule has 6 heteroatoms. The van der Waals surface area contributed by atoms with Crippen molar-refractivity contribution in [1.82, 2.24) is 15.0 Å². The van der Waals surface area contributed by atoms with E-state index < -0.39 is 0 Å². The van der Waals surface area contributed by atoms with Gasteiger partial charge in [-0.1, -0.05) is 17.7 Å². The zero-order chi connectivity index (χ0) is 14.2. The lowest BCUT2D eigenvalue weighted by Gasteiger charge is -2.04. The lowest BCUT2D eigenvalue weighted by molar-refractivity contribution is 0.915. The van der Waals surface area contributed by atoms with Crippen molar-refractivity contribution in [2.75, 3.05) is 0 Å². The van der Waals surface area contributed by atoms with Crippen LogP contribution < -0.4 is 0 Å². The third-order valence-electron chi connectivity index (χ3n) is 3.63. The van der Waals surface area contributed by atoms with Crippen molar-refractivity contribution < 1.29 is 0 Å². The van der Waals surface area contributed by atoms with Crippen molar-refractivity contribution in [3.8, 4) is 0 Å². The summed E-state index contributed by atoms with van der Waals surface area (Å²) in [6.45, 7) is 0. The molecule has 0 amide bonds. The Morgan fingerprint density at radius 3 is 3.00 bits per heavy atom. The minimum atomic E-state index is 0.531. The number of pyridine rings is 1. The average molecular weight is 334 g/mol. The first kappa shape index (κ1) is 13.5. The highest BCUT2D eigenvalue weighted by Crippen LogP contribution is 2.40. The van der Waals surface area contributed by atoms with Crippen LogP contribution in [0.2, 0.25) is 5.15 Å². The van der Waals surface area contributed by atoms with Crippen LogP contribution in [0.5, 0.6) is 0 Å². The molecule has 21 heavy (non-hydrogen) atoms. The van der Waals surface area contributed by atoms with Gasteiger partial charge in [-0.2, -0.15) is 0 Å². The van der Waals surface area contributed by atoms with Crippen LogP contribution in [0.3, 0.4) is 0 Å². The lowest BCUT2D eigenvalue weighted by Crippen LogP contribution is -1.89. The molecule has 0 saturated heterocycles. The van der Waals surface area contributed by atoms with Gasteiger partial charge in [0.05, 0.1) is 0 Å². The molecule has 0 radical (unpaired) electrons. The first-order valence-corrected chi connectivity index (χ1v) is 8.98. The van der Waals surface area contributed by atoms with Gasteiger partial charge in [0, 0.05) is 22.2 Å². The number of nitrogens with zero attached hydrogens (tertiary/aromatic N) is 3. The van der Waals surface area contributed by atoms with E-state index in [4.69, 9.17) is 11.6 Å². The van der Waals surface area contributed by atoms with Crippen LogP contribution in [0.25, 0.3) is 10.2 Å². The van der Waals surface area contributed by atoms with Crippen LogP contribution in [0, 0.1) is 0 Å². The van der Waals surface area contributed by atoms with E-state index in [1.54, 1.807) is 18.1 Å². The zero-order valence-electron chi connectivity index (χ0n) is 11.2. The van der Waals surface area contributed by atoms with E-state index >= 15 is 0 Å². The molecule has 0 saturated carbocycles. The summed E-state index contributed by atoms with van der Waals surface area (Å²) in [7, 11) is 0. The maximum absolute atomic E-state index is 5.82. The zero-order valence-corrected chi connectivity index (χ0v) is 13.6. The van der Waals surface area contributed by atoms with Gasteiger partial charge in [-0.3, -0.25) is 0 Å². The second kappa shape index (κ2) is 5.55. The monoisotopic (exact) mass is 333 g/mol. The van der Waals surface area contributed by atoms with E-state index in [1.807, 2.05) is 29.7 Å². The lowest BCUT2D eigenvalue weighted by atomic mass is 10.2. The minimum absolute atomic E-state index is 0.531. The average Bonchev–Trinajstić information content (AvgIpc) is 3.07. The van der Waals surface area contributed by atoms with E-state index in [0.717, 1.165) is 21.2 Å². The van der Waals surface area contributed by atoms with Crippen molar-refractivity contribution in [1.29, 1.82) is 0 Å². The van der Waals surface area contributed by atoms with Crippen molar-refractivity contribution in [2.45, 2.75) is 30.0 Å². The third kappa shape index (κ3) is 2.54. The van der Waals surface area contributed by atoms with E-state index in [1.165, 1.54) is 35.1 Å². The van der Waals surface area contributed by atoms with Gasteiger partial charge in [-0.25, -0.2) is 15.0 Å². The summed E-state index contributed by atoms with van der Waals surface area (Å²) >= 11 is 9.40. The van der Waals surface area contributed by atoms with Crippen LogP contribution in [-0.4, -0.2) is 15.0 Å². The largest absolute Gasteiger partial charge is 0.244 e. The Morgan fingerprint density at radius 1 is 1.19 bits per heavy atom. The molecule has 3 aromatic rings. The summed E-state index contributed by atoms with van der Waals surface area (Å²) in [4.78, 5) is 15.7. The van der Waals surface area contributed by atoms with Crippen molar-refractivity contribution in [3.63, 3.8) is 0 Å². The highest BCUT2D eigenvalue weighted by atomic mass is 35.5. The molecule has 4 rings (SSSR count). The number of rotatable bonds is 3. The van der Waals surface area contributed by atoms with E-state index in [-0.39, 0.29) is 0 Å². The van der Waals surface area contributed by atoms with E-state index in [0.29, 0.717) is 5.15 Å². The molecule has 3 aromatic heterocycles. The number of hydrogen-bond acceptors (Lipinski definition) is 5. The van der Waals surface area contributed by atoms with Crippen LogP contribution in [0.15, 0.2) is 29.7 Å². The van der Waals surface area contributed by atoms with E-state index in [2.05, 4.69) is 15.0 Å². The van der Waals surface area contributed by atoms with Crippen molar-refractivity contribution in [3.05, 3.63) is 45.8 Å². The number of thioether (sulfide) groups is 1. The molecule has 106 valence electrons. The fourth-order valence-electron chi connectivity index (χ4n) is 2.65. The molecule has 0 bridgehead atoms. The van der Waals surface area contributed by atoms with Crippen LogP contribution >= 0.6 is 34.7 Å². The Bertz CT molecular complexity index is 799. The quantitative estimate of drug-likeness (QED) is 0.401. The van der Waals surface area contributed by atoms with Gasteiger partial charge < -0.3 is 0 Å². The summed E-state index contributed by atoms with van der Waals surface area (Å²) in [5.74, 6) is 0.848. The standard InChI is InChI=1S/C15H12ClN3S2/c16-12-5-4-9(6-17-12)7-20-14-13-10-2-1-3-11(10)21-15(13)19-8-18-14/h4-6,8H,1-3,7H2. The Morgan fingerprint density at radius 2 is 2.14 bits per heavy atom. The normalized spacial score (nSPS) is 13.8. The number of aryl methyl sites for hydroxylation is 2. The molecule has 3 nitrogen and oxygen atoms in total. The fourth-order valence-corrected chi connectivity index (χ4v) is 5.02. The molecule has 3 heterocycles. The molecule has 0 aliphatic heterocycles. The Hall–Kier alpha value is -1.17. The van der Waals surface area contributed by atoms with E-state index in [9.17, 15) is 0 Å². The van der Waals surface area contributed by atoms with Crippen LogP contribution in [0.1, 0.15) is 22.4 Å². The smallest absolute Gasteiger partial charge is 0.129 e. The molecule has 1 aliphatic rings. The number of hydrogen-bond donors (Lipinski definition) is 0. The predicted molar refractivity (Wildman–Crippen MR) is 88.2 cm³/mol. The predicted octanol–water partition coefficient (Wildman–Crippen LogP) is 4.52. The SMILES string of the molecule is Clc1ccc(CSc2ncnc3sc4c(c23)CCC4)cn1. The van der Waals surface area contributed by atoms with Gasteiger partial charge in [0.25, 0.3) is 0 Å². The summed E-state index contributed by atoms with van der Waals surface area (Å²) in [5, 5.41) is 2.90. The van der Waals surface area contributed by atoms with Crippen LogP contribution in [0.4, 0.5) is 0 Å². The first-order valence-electron chi connectivity index (χ1n) is 6.80. The summed E-state index contributed by atoms with van der Waals surface area (Å²) in [5.41, 5.74) is 2.63. The number of fused-ring (bicyclic) bond motifs is 3. The topological polar surface area (TPSA) is 38.7 Å². The molecule has 0 spiro atoms. The Kier molecular flexibility index (Phi) is 3.57. The van der Waals surface area contributed by atoms with Gasteiger partial charge in [0.2, 0.25) is 0 Å². The van der Waals surface area contributed by atoms with Crippen LogP contribution in [-0.2, 0) is 18.6 Å². The minimum Gasteiger partial charge on any atom is -0.244 e. The second-order valence-corrected chi connectivity index (χ2v) is 7.43. The molecule has 0 N–H and O–H groups in total. The van der Waals surface area contributed by atoms with Gasteiger partial charge in [0.15, 0.2) is 0 Å². The third-order valence-corrected chi connectivity index (χ3v) is 6.11. The van der Waals surface area contributed by atoms with Crippen molar-refractivity contribution in [2.24, 2.45) is 0 Å². The maximum Gasteiger partial charge on any atom is 0.129 e. The van der Waals surface area contributed by atoms with Gasteiger partial charge in [-0.05, 0) is 36.5 Å². The first-order chi connectivity index (χ1) is 10.3. The molecule has 0 fully saturated rings. The molecule has 0 aromatic carbocycles. The summed E-state index contributed by atoms with van der Waals surface area (Å²) in [6, 6.07) is 3.84. The van der Waals surface area contributed by atoms with Gasteiger partial charge in [0.1, 0.15) is 21.3 Å². The maximum atomic E-state index is 5.82. The second-order valence-electron chi connectivity index (χ2n) is 4.99. The molecular weight excluding hydrogens is 322 g/mol. The highest BCUT2D eigenvalue weighted by Gasteiger charge is 2.21. The molecule has 0 unspecified atom stereocenters. The molecule has 1 aliphatic carbocycles. The molecule has 0 atom stereocenters. The van der Waals surface area contributed by atoms with Gasteiger partial charge >= 0.3 is 0 Å². The summed E-state index contributed by atoms with van der Waals surface area (Å²) < 4.78 is 0. The summed E-state index contributed by atoms with van der Waals surface area (Å²) in [6.07, 6.45) is 7.12. The Labute approximate surface area is 135 Å². The highest BCUT2D eigenvalue weighted by molar-refractivity contribution is 7.98. The number of thiophene rings is 1. The fraction of sp³-hybridized carbons (Fsp3) is 0.267. The number of halogens is 1. The Balaban J connectivity index is 1.65. The number of aromatic nitrogens is 3. The van der Waals surface area contributed by atoms with Gasteiger partial charge in [-0.15, -0.1) is 23.1 Å².